The number of aromatic nitrogens is 3. The van der Waals surface area contributed by atoms with E-state index < -0.39 is 0 Å². The van der Waals surface area contributed by atoms with Crippen LogP contribution in [0, 0.1) is 17.8 Å². The van der Waals surface area contributed by atoms with Gasteiger partial charge in [-0.1, -0.05) is 6.42 Å². The van der Waals surface area contributed by atoms with E-state index in [0.29, 0.717) is 17.9 Å². The number of hydrogen-bond acceptors (Lipinski definition) is 4. The summed E-state index contributed by atoms with van der Waals surface area (Å²) in [5.74, 6) is 2.15. The van der Waals surface area contributed by atoms with E-state index in [2.05, 4.69) is 15.0 Å². The van der Waals surface area contributed by atoms with Crippen LogP contribution in [0.25, 0.3) is 0 Å². The number of hydrogen-bond donors (Lipinski definition) is 1. The van der Waals surface area contributed by atoms with Gasteiger partial charge < -0.3 is 4.90 Å². The van der Waals surface area contributed by atoms with Gasteiger partial charge in [0.1, 0.15) is 0 Å². The Labute approximate surface area is 147 Å². The van der Waals surface area contributed by atoms with E-state index in [4.69, 9.17) is 0 Å². The first-order valence-corrected chi connectivity index (χ1v) is 9.78. The maximum absolute atomic E-state index is 12.8. The molecule has 3 saturated heterocycles. The standard InChI is InChI=1S/C18H27N5O2/c1-21-18(25)19-16(20-21)17(24)22-8-11-7-13(10-22)15-4-2-3-14(12-5-6-12)23(15)9-11/h11-15H,2-10H2,1H3,(H,19,20,25)/t11-,13+,14+,15-/m0/s1. The van der Waals surface area contributed by atoms with Gasteiger partial charge in [0.15, 0.2) is 0 Å². The summed E-state index contributed by atoms with van der Waals surface area (Å²) in [4.78, 5) is 31.7. The van der Waals surface area contributed by atoms with E-state index in [1.807, 2.05) is 4.90 Å². The summed E-state index contributed by atoms with van der Waals surface area (Å²) in [5, 5.41) is 4.05. The maximum atomic E-state index is 12.8. The molecule has 4 heterocycles. The number of nitrogens with one attached hydrogen (secondary N) is 1. The molecule has 1 amide bonds. The zero-order valence-corrected chi connectivity index (χ0v) is 14.9. The molecule has 2 bridgehead atoms. The van der Waals surface area contributed by atoms with Crippen molar-refractivity contribution in [3.63, 3.8) is 0 Å². The lowest BCUT2D eigenvalue weighted by Gasteiger charge is -2.55. The highest BCUT2D eigenvalue weighted by Crippen LogP contribution is 2.46. The van der Waals surface area contributed by atoms with Gasteiger partial charge in [0.05, 0.1) is 0 Å². The molecular weight excluding hydrogens is 318 g/mol. The topological polar surface area (TPSA) is 74.2 Å². The first-order valence-electron chi connectivity index (χ1n) is 9.78. The van der Waals surface area contributed by atoms with Crippen molar-refractivity contribution in [2.45, 2.75) is 50.6 Å². The summed E-state index contributed by atoms with van der Waals surface area (Å²) in [7, 11) is 1.57. The number of aromatic amines is 1. The lowest BCUT2D eigenvalue weighted by molar-refractivity contribution is -0.0552. The monoisotopic (exact) mass is 345 g/mol. The van der Waals surface area contributed by atoms with Crippen LogP contribution < -0.4 is 5.69 Å². The number of H-pyrrole nitrogens is 1. The molecule has 1 N–H and O–H groups in total. The molecule has 0 aromatic carbocycles. The smallest absolute Gasteiger partial charge is 0.335 e. The second-order valence-electron chi connectivity index (χ2n) is 8.57. The van der Waals surface area contributed by atoms with Crippen LogP contribution in [0.4, 0.5) is 0 Å². The molecule has 7 heteroatoms. The molecule has 5 rings (SSSR count). The van der Waals surface area contributed by atoms with Crippen LogP contribution in [-0.4, -0.2) is 62.2 Å². The number of piperidine rings is 3. The average Bonchev–Trinajstić information content (AvgIpc) is 3.39. The molecule has 4 aliphatic rings. The Morgan fingerprint density at radius 3 is 2.52 bits per heavy atom. The fourth-order valence-corrected chi connectivity index (χ4v) is 5.65. The Morgan fingerprint density at radius 2 is 1.84 bits per heavy atom. The first kappa shape index (κ1) is 15.6. The Morgan fingerprint density at radius 1 is 1.08 bits per heavy atom. The predicted octanol–water partition coefficient (Wildman–Crippen LogP) is 0.833. The molecule has 4 fully saturated rings. The van der Waals surface area contributed by atoms with E-state index in [-0.39, 0.29) is 17.4 Å². The molecule has 1 aliphatic carbocycles. The van der Waals surface area contributed by atoms with Crippen molar-refractivity contribution in [2.75, 3.05) is 19.6 Å². The number of carbonyl (C=O) groups excluding carboxylic acids is 1. The van der Waals surface area contributed by atoms with Crippen molar-refractivity contribution >= 4 is 5.91 Å². The third-order valence-corrected chi connectivity index (χ3v) is 6.86. The lowest BCUT2D eigenvalue weighted by Crippen LogP contribution is -2.62. The van der Waals surface area contributed by atoms with Crippen LogP contribution >= 0.6 is 0 Å². The van der Waals surface area contributed by atoms with Gasteiger partial charge in [0.2, 0.25) is 5.82 Å². The summed E-state index contributed by atoms with van der Waals surface area (Å²) < 4.78 is 1.20. The molecule has 4 atom stereocenters. The fourth-order valence-electron chi connectivity index (χ4n) is 5.65. The zero-order chi connectivity index (χ0) is 17.1. The molecule has 1 saturated carbocycles. The van der Waals surface area contributed by atoms with Crippen molar-refractivity contribution < 1.29 is 4.79 Å². The molecule has 3 aliphatic heterocycles. The Balaban J connectivity index is 1.35. The molecule has 0 unspecified atom stereocenters. The minimum absolute atomic E-state index is 0.115. The minimum Gasteiger partial charge on any atom is -0.335 e. The van der Waals surface area contributed by atoms with Crippen LogP contribution in [0.3, 0.4) is 0 Å². The highest BCUT2D eigenvalue weighted by Gasteiger charge is 2.48. The quantitative estimate of drug-likeness (QED) is 0.862. The highest BCUT2D eigenvalue weighted by molar-refractivity contribution is 5.90. The molecule has 136 valence electrons. The number of amides is 1. The largest absolute Gasteiger partial charge is 0.343 e. The summed E-state index contributed by atoms with van der Waals surface area (Å²) in [6.07, 6.45) is 8.08. The van der Waals surface area contributed by atoms with Crippen LogP contribution in [-0.2, 0) is 7.05 Å². The second kappa shape index (κ2) is 5.69. The van der Waals surface area contributed by atoms with Crippen molar-refractivity contribution in [2.24, 2.45) is 24.8 Å². The van der Waals surface area contributed by atoms with Crippen LogP contribution in [0.2, 0.25) is 0 Å². The van der Waals surface area contributed by atoms with Gasteiger partial charge >= 0.3 is 5.69 Å². The van der Waals surface area contributed by atoms with Crippen molar-refractivity contribution in [3.8, 4) is 0 Å². The normalized spacial score (nSPS) is 35.5. The van der Waals surface area contributed by atoms with Gasteiger partial charge in [-0.25, -0.2) is 9.48 Å². The maximum Gasteiger partial charge on any atom is 0.343 e. The molecule has 1 aromatic heterocycles. The van der Waals surface area contributed by atoms with Gasteiger partial charge in [-0.05, 0) is 49.9 Å². The molecule has 0 spiro atoms. The van der Waals surface area contributed by atoms with Crippen LogP contribution in [0.15, 0.2) is 4.79 Å². The van der Waals surface area contributed by atoms with Crippen molar-refractivity contribution in [3.05, 3.63) is 16.3 Å². The van der Waals surface area contributed by atoms with Gasteiger partial charge in [0.25, 0.3) is 5.91 Å². The number of carbonyl (C=O) groups is 1. The number of likely N-dealkylation sites (tertiary alicyclic amines) is 1. The molecule has 1 aromatic rings. The predicted molar refractivity (Wildman–Crippen MR) is 92.2 cm³/mol. The van der Waals surface area contributed by atoms with Gasteiger partial charge in [-0.15, -0.1) is 5.10 Å². The minimum atomic E-state index is -0.328. The Kier molecular flexibility index (Phi) is 3.55. The molecule has 0 radical (unpaired) electrons. The van der Waals surface area contributed by atoms with Gasteiger partial charge in [0, 0.05) is 38.8 Å². The third-order valence-electron chi connectivity index (χ3n) is 6.86. The lowest BCUT2D eigenvalue weighted by atomic mass is 9.74. The number of rotatable bonds is 2. The second-order valence-corrected chi connectivity index (χ2v) is 8.57. The Hall–Kier alpha value is -1.63. The van der Waals surface area contributed by atoms with Crippen molar-refractivity contribution in [1.82, 2.24) is 24.6 Å². The summed E-state index contributed by atoms with van der Waals surface area (Å²) in [6, 6.07) is 1.45. The average molecular weight is 345 g/mol. The van der Waals surface area contributed by atoms with E-state index in [1.54, 1.807) is 7.05 Å². The van der Waals surface area contributed by atoms with Crippen LogP contribution in [0.1, 0.15) is 49.1 Å². The fraction of sp³-hybridized carbons (Fsp3) is 0.833. The summed E-state index contributed by atoms with van der Waals surface area (Å²) >= 11 is 0. The summed E-state index contributed by atoms with van der Waals surface area (Å²) in [6.45, 7) is 2.76. The number of aryl methyl sites for hydroxylation is 1. The van der Waals surface area contributed by atoms with E-state index in [0.717, 1.165) is 31.6 Å². The molecule has 7 nitrogen and oxygen atoms in total. The number of nitrogens with zero attached hydrogens (tertiary/aromatic N) is 4. The van der Waals surface area contributed by atoms with E-state index in [9.17, 15) is 9.59 Å². The highest BCUT2D eigenvalue weighted by atomic mass is 16.2. The summed E-state index contributed by atoms with van der Waals surface area (Å²) in [5.41, 5.74) is -0.328. The zero-order valence-electron chi connectivity index (χ0n) is 14.9. The molecule has 25 heavy (non-hydrogen) atoms. The van der Waals surface area contributed by atoms with Crippen molar-refractivity contribution in [1.29, 1.82) is 0 Å². The SMILES string of the molecule is Cn1nc(C(=O)N2C[C@@H]3C[C@H](C2)[C@@H]2CCC[C@H](C4CC4)N2C3)[nH]c1=O. The molecular formula is C18H27N5O2. The van der Waals surface area contributed by atoms with E-state index in [1.165, 1.54) is 43.2 Å². The third kappa shape index (κ3) is 2.63. The van der Waals surface area contributed by atoms with Crippen LogP contribution in [0.5, 0.6) is 0 Å². The van der Waals surface area contributed by atoms with Gasteiger partial charge in [-0.2, -0.15) is 0 Å². The van der Waals surface area contributed by atoms with E-state index >= 15 is 0 Å². The first-order chi connectivity index (χ1) is 12.1. The number of fused-ring (bicyclic) bond motifs is 4. The van der Waals surface area contributed by atoms with Gasteiger partial charge in [-0.3, -0.25) is 14.7 Å². The Bertz CT molecular complexity index is 736.